The largest absolute Gasteiger partial charge is 0.368 e. The SMILES string of the molecule is Cc1c(S(=O)(=O)Nc2ccc3nccc(N4CC(C)NC(C)C4)c3c2)sc2ccc(Br)cc12. The molecule has 0 spiro atoms. The van der Waals surface area contributed by atoms with Gasteiger partial charge in [-0.2, -0.15) is 0 Å². The Morgan fingerprint density at radius 3 is 2.61 bits per heavy atom. The lowest BCUT2D eigenvalue weighted by Crippen LogP contribution is -2.54. The van der Waals surface area contributed by atoms with Crippen molar-refractivity contribution in [1.82, 2.24) is 10.3 Å². The number of anilines is 2. The molecule has 0 aliphatic carbocycles. The van der Waals surface area contributed by atoms with Crippen molar-refractivity contribution < 1.29 is 8.42 Å². The molecule has 2 aromatic heterocycles. The zero-order chi connectivity index (χ0) is 23.3. The normalized spacial score (nSPS) is 19.3. The fraction of sp³-hybridized carbons (Fsp3) is 0.292. The van der Waals surface area contributed by atoms with E-state index >= 15 is 0 Å². The summed E-state index contributed by atoms with van der Waals surface area (Å²) in [5, 5.41) is 5.44. The van der Waals surface area contributed by atoms with Crippen LogP contribution in [0.4, 0.5) is 11.4 Å². The number of aryl methyl sites for hydroxylation is 1. The fourth-order valence-electron chi connectivity index (χ4n) is 4.62. The van der Waals surface area contributed by atoms with Gasteiger partial charge < -0.3 is 10.2 Å². The van der Waals surface area contributed by atoms with Gasteiger partial charge in [-0.1, -0.05) is 15.9 Å². The summed E-state index contributed by atoms with van der Waals surface area (Å²) in [5.74, 6) is 0. The Bertz CT molecular complexity index is 1460. The van der Waals surface area contributed by atoms with E-state index in [4.69, 9.17) is 0 Å². The van der Waals surface area contributed by atoms with Crippen molar-refractivity contribution >= 4 is 69.7 Å². The number of fused-ring (bicyclic) bond motifs is 2. The van der Waals surface area contributed by atoms with Crippen molar-refractivity contribution in [1.29, 1.82) is 0 Å². The molecular formula is C24H25BrN4O2S2. The summed E-state index contributed by atoms with van der Waals surface area (Å²) < 4.78 is 31.7. The highest BCUT2D eigenvalue weighted by molar-refractivity contribution is 9.10. The standard InChI is InChI=1S/C24H25BrN4O2S2/c1-14-12-29(13-15(2)27-14)22-8-9-26-21-6-5-18(11-20(21)22)28-33(30,31)24-16(3)19-10-17(25)4-7-23(19)32-24/h4-11,14-15,27-28H,12-13H2,1-3H3. The van der Waals surface area contributed by atoms with E-state index < -0.39 is 10.0 Å². The highest BCUT2D eigenvalue weighted by Crippen LogP contribution is 2.37. The van der Waals surface area contributed by atoms with Crippen LogP contribution in [-0.2, 0) is 10.0 Å². The maximum absolute atomic E-state index is 13.3. The zero-order valence-electron chi connectivity index (χ0n) is 18.6. The average Bonchev–Trinajstić information content (AvgIpc) is 3.09. The van der Waals surface area contributed by atoms with Gasteiger partial charge in [-0.05, 0) is 74.2 Å². The van der Waals surface area contributed by atoms with Gasteiger partial charge in [0.2, 0.25) is 0 Å². The molecule has 0 bridgehead atoms. The summed E-state index contributed by atoms with van der Waals surface area (Å²) in [6, 6.07) is 14.1. The number of sulfonamides is 1. The van der Waals surface area contributed by atoms with Crippen LogP contribution in [0.1, 0.15) is 19.4 Å². The molecule has 172 valence electrons. The minimum absolute atomic E-state index is 0.340. The van der Waals surface area contributed by atoms with Crippen LogP contribution in [0.25, 0.3) is 21.0 Å². The van der Waals surface area contributed by atoms with Crippen LogP contribution >= 0.6 is 27.3 Å². The van der Waals surface area contributed by atoms with Crippen LogP contribution in [0.15, 0.2) is 57.3 Å². The number of aromatic nitrogens is 1. The first-order valence-electron chi connectivity index (χ1n) is 10.8. The molecule has 1 aliphatic rings. The van der Waals surface area contributed by atoms with Crippen molar-refractivity contribution in [2.45, 2.75) is 37.1 Å². The second-order valence-corrected chi connectivity index (χ2v) is 12.5. The van der Waals surface area contributed by atoms with Gasteiger partial charge in [-0.3, -0.25) is 9.71 Å². The molecule has 6 nitrogen and oxygen atoms in total. The van der Waals surface area contributed by atoms with Crippen molar-refractivity contribution in [2.24, 2.45) is 0 Å². The van der Waals surface area contributed by atoms with Crippen molar-refractivity contribution in [2.75, 3.05) is 22.7 Å². The molecule has 0 amide bonds. The quantitative estimate of drug-likeness (QED) is 0.354. The van der Waals surface area contributed by atoms with Crippen molar-refractivity contribution in [3.63, 3.8) is 0 Å². The van der Waals surface area contributed by atoms with Crippen LogP contribution in [0, 0.1) is 6.92 Å². The van der Waals surface area contributed by atoms with Crippen LogP contribution in [-0.4, -0.2) is 38.6 Å². The van der Waals surface area contributed by atoms with Gasteiger partial charge in [0.25, 0.3) is 10.0 Å². The second-order valence-electron chi connectivity index (χ2n) is 8.70. The second kappa shape index (κ2) is 8.54. The first-order valence-corrected chi connectivity index (χ1v) is 13.9. The third-order valence-electron chi connectivity index (χ3n) is 5.97. The maximum Gasteiger partial charge on any atom is 0.271 e. The fourth-order valence-corrected chi connectivity index (χ4v) is 7.78. The number of hydrogen-bond acceptors (Lipinski definition) is 6. The minimum Gasteiger partial charge on any atom is -0.368 e. The lowest BCUT2D eigenvalue weighted by molar-refractivity contribution is 0.407. The zero-order valence-corrected chi connectivity index (χ0v) is 21.8. The van der Waals surface area contributed by atoms with E-state index in [9.17, 15) is 8.42 Å². The van der Waals surface area contributed by atoms with E-state index in [1.165, 1.54) is 11.3 Å². The summed E-state index contributed by atoms with van der Waals surface area (Å²) in [5.41, 5.74) is 3.21. The summed E-state index contributed by atoms with van der Waals surface area (Å²) in [6.45, 7) is 7.98. The highest BCUT2D eigenvalue weighted by atomic mass is 79.9. The van der Waals surface area contributed by atoms with E-state index in [0.29, 0.717) is 22.0 Å². The summed E-state index contributed by atoms with van der Waals surface area (Å²) >= 11 is 4.77. The Morgan fingerprint density at radius 2 is 1.85 bits per heavy atom. The van der Waals surface area contributed by atoms with Gasteiger partial charge in [0.15, 0.2) is 0 Å². The van der Waals surface area contributed by atoms with E-state index in [1.807, 2.05) is 49.5 Å². The van der Waals surface area contributed by atoms with Crippen molar-refractivity contribution in [3.05, 3.63) is 58.7 Å². The summed E-state index contributed by atoms with van der Waals surface area (Å²) in [6.07, 6.45) is 1.82. The molecule has 1 saturated heterocycles. The molecule has 2 N–H and O–H groups in total. The minimum atomic E-state index is -3.73. The first-order chi connectivity index (χ1) is 15.7. The van der Waals surface area contributed by atoms with Gasteiger partial charge in [-0.25, -0.2) is 8.42 Å². The number of halogens is 1. The molecule has 2 unspecified atom stereocenters. The Kier molecular flexibility index (Phi) is 5.84. The number of benzene rings is 2. The third-order valence-corrected chi connectivity index (χ3v) is 9.74. The van der Waals surface area contributed by atoms with Gasteiger partial charge in [0, 0.05) is 57.3 Å². The third kappa shape index (κ3) is 4.35. The average molecular weight is 546 g/mol. The predicted octanol–water partition coefficient (Wildman–Crippen LogP) is 5.51. The number of hydrogen-bond donors (Lipinski definition) is 2. The van der Waals surface area contributed by atoms with Gasteiger partial charge >= 0.3 is 0 Å². The monoisotopic (exact) mass is 544 g/mol. The molecule has 5 rings (SSSR count). The Balaban J connectivity index is 1.52. The molecule has 4 aromatic rings. The number of piperazine rings is 1. The summed E-state index contributed by atoms with van der Waals surface area (Å²) in [7, 11) is -3.73. The molecule has 0 radical (unpaired) electrons. The Labute approximate surface area is 206 Å². The van der Waals surface area contributed by atoms with Crippen LogP contribution in [0.2, 0.25) is 0 Å². The predicted molar refractivity (Wildman–Crippen MR) is 141 cm³/mol. The Morgan fingerprint density at radius 1 is 1.09 bits per heavy atom. The highest BCUT2D eigenvalue weighted by Gasteiger charge is 2.24. The number of pyridine rings is 1. The number of nitrogens with one attached hydrogen (secondary N) is 2. The van der Waals surface area contributed by atoms with Crippen LogP contribution in [0.3, 0.4) is 0 Å². The number of rotatable bonds is 4. The molecular weight excluding hydrogens is 520 g/mol. The van der Waals surface area contributed by atoms with Gasteiger partial charge in [0.05, 0.1) is 5.52 Å². The lowest BCUT2D eigenvalue weighted by Gasteiger charge is -2.38. The molecule has 9 heteroatoms. The molecule has 1 fully saturated rings. The molecule has 2 aromatic carbocycles. The summed E-state index contributed by atoms with van der Waals surface area (Å²) in [4.78, 5) is 6.85. The smallest absolute Gasteiger partial charge is 0.271 e. The first kappa shape index (κ1) is 22.6. The topological polar surface area (TPSA) is 74.3 Å². The van der Waals surface area contributed by atoms with Gasteiger partial charge in [0.1, 0.15) is 4.21 Å². The number of nitrogens with zero attached hydrogens (tertiary/aromatic N) is 2. The van der Waals surface area contributed by atoms with Crippen LogP contribution < -0.4 is 14.9 Å². The van der Waals surface area contributed by atoms with E-state index in [2.05, 4.69) is 49.7 Å². The van der Waals surface area contributed by atoms with Gasteiger partial charge in [-0.15, -0.1) is 11.3 Å². The van der Waals surface area contributed by atoms with E-state index in [-0.39, 0.29) is 0 Å². The molecule has 33 heavy (non-hydrogen) atoms. The van der Waals surface area contributed by atoms with Crippen molar-refractivity contribution in [3.8, 4) is 0 Å². The molecule has 3 heterocycles. The lowest BCUT2D eigenvalue weighted by atomic mass is 10.1. The maximum atomic E-state index is 13.3. The van der Waals surface area contributed by atoms with E-state index in [0.717, 1.165) is 49.8 Å². The number of thiophene rings is 1. The van der Waals surface area contributed by atoms with Crippen LogP contribution in [0.5, 0.6) is 0 Å². The molecule has 2 atom stereocenters. The molecule has 1 aliphatic heterocycles. The molecule has 0 saturated carbocycles. The van der Waals surface area contributed by atoms with E-state index in [1.54, 1.807) is 6.07 Å². The Hall–Kier alpha value is -2.20.